The third kappa shape index (κ3) is 2.28. The Morgan fingerprint density at radius 3 is 3.20 bits per heavy atom. The Balaban J connectivity index is 2.28. The van der Waals surface area contributed by atoms with Gasteiger partial charge >= 0.3 is 0 Å². The first-order chi connectivity index (χ1) is 4.79. The normalized spacial score (nSPS) is 13.0. The topological polar surface area (TPSA) is 55.2 Å². The van der Waals surface area contributed by atoms with E-state index >= 15 is 0 Å². The van der Waals surface area contributed by atoms with Crippen LogP contribution < -0.4 is 4.74 Å². The van der Waals surface area contributed by atoms with Crippen LogP contribution in [0.15, 0.2) is 6.20 Å². The predicted octanol–water partition coefficient (Wildman–Crippen LogP) is 0.112. The highest BCUT2D eigenvalue weighted by atomic mass is 32.1. The van der Waals surface area contributed by atoms with Gasteiger partial charge in [-0.1, -0.05) is 0 Å². The fraction of sp³-hybridized carbons (Fsp3) is 0.400. The molecule has 0 fully saturated rings. The molecule has 0 aliphatic carbocycles. The van der Waals surface area contributed by atoms with Gasteiger partial charge in [0.15, 0.2) is 0 Å². The van der Waals surface area contributed by atoms with Crippen LogP contribution >= 0.6 is 11.7 Å². The van der Waals surface area contributed by atoms with Crippen molar-refractivity contribution in [1.82, 2.24) is 8.75 Å². The molecule has 1 aromatic rings. The average Bonchev–Trinajstić information content (AvgIpc) is 2.34. The van der Waals surface area contributed by atoms with E-state index in [0.29, 0.717) is 5.88 Å². The third-order valence-corrected chi connectivity index (χ3v) is 1.23. The van der Waals surface area contributed by atoms with Crippen molar-refractivity contribution in [3.05, 3.63) is 13.1 Å². The van der Waals surface area contributed by atoms with Gasteiger partial charge in [-0.05, 0) is 6.92 Å². The molecule has 1 rings (SSSR count). The van der Waals surface area contributed by atoms with Crippen molar-refractivity contribution in [3.8, 4) is 5.88 Å². The molecule has 0 saturated heterocycles. The van der Waals surface area contributed by atoms with E-state index in [9.17, 15) is 0 Å². The summed E-state index contributed by atoms with van der Waals surface area (Å²) in [4.78, 5) is 0. The molecule has 0 amide bonds. The summed E-state index contributed by atoms with van der Waals surface area (Å²) in [5, 5.41) is 8.67. The fourth-order valence-electron chi connectivity index (χ4n) is 0.401. The molecular weight excluding hydrogens is 152 g/mol. The van der Waals surface area contributed by atoms with Gasteiger partial charge in [0.05, 0.1) is 17.8 Å². The molecule has 1 heterocycles. The van der Waals surface area contributed by atoms with E-state index in [1.807, 2.05) is 0 Å². The van der Waals surface area contributed by atoms with Crippen molar-refractivity contribution in [2.75, 3.05) is 6.61 Å². The first kappa shape index (κ1) is 7.43. The SMILES string of the molecule is [CH2]C(O)COc1cnsn1. The molecule has 1 unspecified atom stereocenters. The number of aliphatic hydroxyl groups excluding tert-OH is 1. The van der Waals surface area contributed by atoms with Crippen LogP contribution in [0.4, 0.5) is 0 Å². The van der Waals surface area contributed by atoms with Gasteiger partial charge in [-0.25, -0.2) is 0 Å². The summed E-state index contributed by atoms with van der Waals surface area (Å²) in [5.41, 5.74) is 0. The second-order valence-electron chi connectivity index (χ2n) is 1.71. The first-order valence-corrected chi connectivity index (χ1v) is 3.43. The van der Waals surface area contributed by atoms with Gasteiger partial charge in [-0.2, -0.15) is 4.37 Å². The fourth-order valence-corrected chi connectivity index (χ4v) is 0.766. The van der Waals surface area contributed by atoms with Gasteiger partial charge in [-0.15, -0.1) is 4.37 Å². The minimum atomic E-state index is -0.707. The van der Waals surface area contributed by atoms with Crippen LogP contribution in [-0.4, -0.2) is 26.6 Å². The van der Waals surface area contributed by atoms with Gasteiger partial charge in [0.2, 0.25) is 5.88 Å². The molecule has 55 valence electrons. The van der Waals surface area contributed by atoms with Gasteiger partial charge < -0.3 is 9.84 Å². The Morgan fingerprint density at radius 2 is 2.70 bits per heavy atom. The Labute approximate surface area is 62.8 Å². The van der Waals surface area contributed by atoms with Crippen molar-refractivity contribution >= 4 is 11.7 Å². The Morgan fingerprint density at radius 1 is 1.90 bits per heavy atom. The van der Waals surface area contributed by atoms with Gasteiger partial charge in [0.1, 0.15) is 12.8 Å². The standard InChI is InChI=1S/C5H7N2O2S/c1-4(8)3-9-5-2-6-10-7-5/h2,4,8H,1,3H2. The highest BCUT2D eigenvalue weighted by Gasteiger charge is 1.98. The number of aliphatic hydroxyl groups is 1. The molecule has 0 aliphatic rings. The molecule has 1 N–H and O–H groups in total. The van der Waals surface area contributed by atoms with Crippen molar-refractivity contribution in [3.63, 3.8) is 0 Å². The first-order valence-electron chi connectivity index (χ1n) is 2.70. The zero-order valence-corrected chi connectivity index (χ0v) is 6.04. The molecule has 0 aliphatic heterocycles. The second kappa shape index (κ2) is 3.48. The highest BCUT2D eigenvalue weighted by molar-refractivity contribution is 6.99. The van der Waals surface area contributed by atoms with Crippen LogP contribution in [-0.2, 0) is 0 Å². The molecular formula is C5H7N2O2S. The zero-order valence-electron chi connectivity index (χ0n) is 5.23. The van der Waals surface area contributed by atoms with E-state index < -0.39 is 6.10 Å². The number of hydrogen-bond donors (Lipinski definition) is 1. The Hall–Kier alpha value is -0.680. The third-order valence-electron chi connectivity index (χ3n) is 0.765. The van der Waals surface area contributed by atoms with Crippen molar-refractivity contribution in [2.45, 2.75) is 6.10 Å². The smallest absolute Gasteiger partial charge is 0.245 e. The maximum absolute atomic E-state index is 8.67. The molecule has 4 nitrogen and oxygen atoms in total. The van der Waals surface area contributed by atoms with Crippen LogP contribution in [0.25, 0.3) is 0 Å². The lowest BCUT2D eigenvalue weighted by atomic mass is 10.4. The zero-order chi connectivity index (χ0) is 7.40. The van der Waals surface area contributed by atoms with E-state index in [-0.39, 0.29) is 6.61 Å². The minimum Gasteiger partial charge on any atom is -0.473 e. The summed E-state index contributed by atoms with van der Waals surface area (Å²) < 4.78 is 12.4. The van der Waals surface area contributed by atoms with Crippen molar-refractivity contribution in [2.24, 2.45) is 0 Å². The summed E-state index contributed by atoms with van der Waals surface area (Å²) in [6, 6.07) is 0. The average molecular weight is 159 g/mol. The summed E-state index contributed by atoms with van der Waals surface area (Å²) in [5.74, 6) is 0.438. The van der Waals surface area contributed by atoms with E-state index in [2.05, 4.69) is 15.7 Å². The number of hydrogen-bond acceptors (Lipinski definition) is 5. The molecule has 0 bridgehead atoms. The van der Waals surface area contributed by atoms with Gasteiger partial charge in [-0.3, -0.25) is 0 Å². The highest BCUT2D eigenvalue weighted by Crippen LogP contribution is 2.04. The molecule has 0 spiro atoms. The molecule has 5 heteroatoms. The van der Waals surface area contributed by atoms with Crippen molar-refractivity contribution < 1.29 is 9.84 Å². The number of nitrogens with zero attached hydrogens (tertiary/aromatic N) is 2. The molecule has 0 saturated carbocycles. The van der Waals surface area contributed by atoms with Crippen LogP contribution in [0.5, 0.6) is 5.88 Å². The molecule has 1 aromatic heterocycles. The number of ether oxygens (including phenoxy) is 1. The maximum atomic E-state index is 8.67. The molecule has 1 radical (unpaired) electrons. The minimum absolute atomic E-state index is 0.158. The summed E-state index contributed by atoms with van der Waals surface area (Å²) in [7, 11) is 0. The second-order valence-corrected chi connectivity index (χ2v) is 2.27. The largest absolute Gasteiger partial charge is 0.473 e. The van der Waals surface area contributed by atoms with E-state index in [0.717, 1.165) is 11.7 Å². The quantitative estimate of drug-likeness (QED) is 0.680. The number of aromatic nitrogens is 2. The van der Waals surface area contributed by atoms with Crippen LogP contribution in [0.2, 0.25) is 0 Å². The summed E-state index contributed by atoms with van der Waals surface area (Å²) >= 11 is 1.06. The molecule has 10 heavy (non-hydrogen) atoms. The van der Waals surface area contributed by atoms with Crippen molar-refractivity contribution in [1.29, 1.82) is 0 Å². The van der Waals surface area contributed by atoms with Crippen LogP contribution in [0, 0.1) is 6.92 Å². The van der Waals surface area contributed by atoms with Gasteiger partial charge in [0, 0.05) is 0 Å². The lowest BCUT2D eigenvalue weighted by Crippen LogP contribution is -2.13. The Kier molecular flexibility index (Phi) is 2.58. The monoisotopic (exact) mass is 159 g/mol. The lowest BCUT2D eigenvalue weighted by molar-refractivity contribution is 0.140. The summed E-state index contributed by atoms with van der Waals surface area (Å²) in [6.45, 7) is 3.48. The summed E-state index contributed by atoms with van der Waals surface area (Å²) in [6.07, 6.45) is 0.786. The number of rotatable bonds is 3. The molecule has 1 atom stereocenters. The van der Waals surface area contributed by atoms with Gasteiger partial charge in [0.25, 0.3) is 0 Å². The van der Waals surface area contributed by atoms with E-state index in [1.165, 1.54) is 6.20 Å². The maximum Gasteiger partial charge on any atom is 0.245 e. The Bertz CT molecular complexity index is 176. The van der Waals surface area contributed by atoms with E-state index in [1.54, 1.807) is 0 Å². The van der Waals surface area contributed by atoms with Crippen LogP contribution in [0.3, 0.4) is 0 Å². The van der Waals surface area contributed by atoms with E-state index in [4.69, 9.17) is 9.84 Å². The predicted molar refractivity (Wildman–Crippen MR) is 36.8 cm³/mol. The molecule has 0 aromatic carbocycles. The van der Waals surface area contributed by atoms with Crippen LogP contribution in [0.1, 0.15) is 0 Å². The lowest BCUT2D eigenvalue weighted by Gasteiger charge is -2.02.